The molecule has 0 aromatic heterocycles. The molecule has 2 N–H and O–H groups in total. The minimum absolute atomic E-state index is 0.0744. The summed E-state index contributed by atoms with van der Waals surface area (Å²) in [6.45, 7) is 1.34. The molecule has 0 radical (unpaired) electrons. The maximum Gasteiger partial charge on any atom is 0.269 e. The van der Waals surface area contributed by atoms with Crippen molar-refractivity contribution in [1.29, 1.82) is 0 Å². The number of hydrogen-bond acceptors (Lipinski definition) is 5. The molecule has 2 rings (SSSR count). The zero-order chi connectivity index (χ0) is 17.0. The number of ether oxygens (including phenoxy) is 1. The van der Waals surface area contributed by atoms with E-state index in [9.17, 15) is 20.0 Å². The van der Waals surface area contributed by atoms with Gasteiger partial charge in [-0.25, -0.2) is 0 Å². The van der Waals surface area contributed by atoms with E-state index in [0.29, 0.717) is 16.9 Å². The lowest BCUT2D eigenvalue weighted by atomic mass is 9.97. The van der Waals surface area contributed by atoms with Gasteiger partial charge in [0.15, 0.2) is 0 Å². The Kier molecular flexibility index (Phi) is 4.80. The fraction of sp³-hybridized carbons (Fsp3) is 0.188. The molecular formula is C16H16N2O5. The number of nitrogens with zero attached hydrogens (tertiary/aromatic N) is 1. The zero-order valence-corrected chi connectivity index (χ0v) is 12.6. The fourth-order valence-corrected chi connectivity index (χ4v) is 2.26. The molecule has 0 aliphatic heterocycles. The van der Waals surface area contributed by atoms with E-state index in [2.05, 4.69) is 5.32 Å². The van der Waals surface area contributed by atoms with Gasteiger partial charge in [0, 0.05) is 30.7 Å². The minimum atomic E-state index is -0.710. The van der Waals surface area contributed by atoms with E-state index in [1.807, 2.05) is 0 Å². The smallest absolute Gasteiger partial charge is 0.269 e. The molecule has 23 heavy (non-hydrogen) atoms. The number of phenolic OH excluding ortho intramolecular Hbond substituents is 1. The summed E-state index contributed by atoms with van der Waals surface area (Å²) in [4.78, 5) is 21.9. The zero-order valence-electron chi connectivity index (χ0n) is 12.6. The second kappa shape index (κ2) is 6.78. The first kappa shape index (κ1) is 16.3. The molecule has 0 aliphatic carbocycles. The van der Waals surface area contributed by atoms with Gasteiger partial charge in [0.2, 0.25) is 5.91 Å². The normalized spacial score (nSPS) is 11.6. The highest BCUT2D eigenvalue weighted by molar-refractivity contribution is 5.74. The molecule has 120 valence electrons. The maximum absolute atomic E-state index is 11.5. The summed E-state index contributed by atoms with van der Waals surface area (Å²) in [5.74, 6) is 0.0678. The number of amides is 1. The van der Waals surface area contributed by atoms with Gasteiger partial charge in [-0.05, 0) is 17.7 Å². The quantitative estimate of drug-likeness (QED) is 0.652. The Bertz CT molecular complexity index is 745. The van der Waals surface area contributed by atoms with Crippen molar-refractivity contribution in [3.63, 3.8) is 0 Å². The summed E-state index contributed by atoms with van der Waals surface area (Å²) in [6, 6.07) is 9.86. The standard InChI is InChI=1S/C16H16N2O5/c1-10(19)17-16(11-4-3-5-12(8-11)18(21)22)14-7-6-13(23-2)9-15(14)20/h3-9,16,20H,1-2H3,(H,17,19). The minimum Gasteiger partial charge on any atom is -0.507 e. The Morgan fingerprint density at radius 2 is 2.04 bits per heavy atom. The third kappa shape index (κ3) is 3.76. The number of nitro benzene ring substituents is 1. The molecule has 0 spiro atoms. The van der Waals surface area contributed by atoms with E-state index in [1.54, 1.807) is 18.2 Å². The van der Waals surface area contributed by atoms with Crippen LogP contribution in [-0.2, 0) is 4.79 Å². The summed E-state index contributed by atoms with van der Waals surface area (Å²) in [5.41, 5.74) is 0.821. The van der Waals surface area contributed by atoms with Crippen molar-refractivity contribution >= 4 is 11.6 Å². The molecular weight excluding hydrogens is 300 g/mol. The topological polar surface area (TPSA) is 102 Å². The molecule has 7 heteroatoms. The van der Waals surface area contributed by atoms with Crippen molar-refractivity contribution in [2.45, 2.75) is 13.0 Å². The first-order valence-corrected chi connectivity index (χ1v) is 6.80. The van der Waals surface area contributed by atoms with Crippen LogP contribution in [0.2, 0.25) is 0 Å². The third-order valence-electron chi connectivity index (χ3n) is 3.31. The number of benzene rings is 2. The second-order valence-electron chi connectivity index (χ2n) is 4.91. The SMILES string of the molecule is COc1ccc(C(NC(C)=O)c2cccc([N+](=O)[O-])c2)c(O)c1. The van der Waals surface area contributed by atoms with E-state index in [-0.39, 0.29) is 17.3 Å². The number of methoxy groups -OCH3 is 1. The lowest BCUT2D eigenvalue weighted by Gasteiger charge is -2.20. The van der Waals surface area contributed by atoms with Gasteiger partial charge in [0.25, 0.3) is 5.69 Å². The average molecular weight is 316 g/mol. The number of carbonyl (C=O) groups excluding carboxylic acids is 1. The van der Waals surface area contributed by atoms with E-state index in [4.69, 9.17) is 4.74 Å². The molecule has 2 aromatic rings. The van der Waals surface area contributed by atoms with Crippen LogP contribution in [0.5, 0.6) is 11.5 Å². The maximum atomic E-state index is 11.5. The average Bonchev–Trinajstić information content (AvgIpc) is 2.52. The van der Waals surface area contributed by atoms with E-state index in [0.717, 1.165) is 0 Å². The summed E-state index contributed by atoms with van der Waals surface area (Å²) in [7, 11) is 1.47. The summed E-state index contributed by atoms with van der Waals surface area (Å²) in [6.07, 6.45) is 0. The fourth-order valence-electron chi connectivity index (χ4n) is 2.26. The van der Waals surface area contributed by atoms with Gasteiger partial charge in [0.05, 0.1) is 18.1 Å². The highest BCUT2D eigenvalue weighted by atomic mass is 16.6. The van der Waals surface area contributed by atoms with Gasteiger partial charge in [-0.1, -0.05) is 12.1 Å². The Hall–Kier alpha value is -3.09. The van der Waals surface area contributed by atoms with Gasteiger partial charge >= 0.3 is 0 Å². The molecule has 0 heterocycles. The number of hydrogen-bond donors (Lipinski definition) is 2. The van der Waals surface area contributed by atoms with Crippen LogP contribution in [0.1, 0.15) is 24.1 Å². The third-order valence-corrected chi connectivity index (χ3v) is 3.31. The van der Waals surface area contributed by atoms with Gasteiger partial charge < -0.3 is 15.2 Å². The number of phenols is 1. The molecule has 0 aliphatic rings. The molecule has 0 saturated heterocycles. The molecule has 0 bridgehead atoms. The Balaban J connectivity index is 2.51. The van der Waals surface area contributed by atoms with Gasteiger partial charge in [0.1, 0.15) is 11.5 Å². The van der Waals surface area contributed by atoms with Crippen molar-refractivity contribution < 1.29 is 19.6 Å². The summed E-state index contributed by atoms with van der Waals surface area (Å²) < 4.78 is 5.03. The van der Waals surface area contributed by atoms with Crippen LogP contribution in [0.4, 0.5) is 5.69 Å². The number of nitrogens with one attached hydrogen (secondary N) is 1. The Labute approximate surface area is 132 Å². The predicted octanol–water partition coefficient (Wildman–Crippen LogP) is 2.53. The number of rotatable bonds is 5. The first-order chi connectivity index (χ1) is 10.9. The van der Waals surface area contributed by atoms with Crippen LogP contribution < -0.4 is 10.1 Å². The molecule has 7 nitrogen and oxygen atoms in total. The van der Waals surface area contributed by atoms with Gasteiger partial charge in [-0.3, -0.25) is 14.9 Å². The van der Waals surface area contributed by atoms with Gasteiger partial charge in [-0.15, -0.1) is 0 Å². The van der Waals surface area contributed by atoms with Crippen LogP contribution in [0.3, 0.4) is 0 Å². The van der Waals surface area contributed by atoms with Crippen LogP contribution >= 0.6 is 0 Å². The van der Waals surface area contributed by atoms with Crippen LogP contribution in [0.15, 0.2) is 42.5 Å². The molecule has 0 fully saturated rings. The van der Waals surface area contributed by atoms with E-state index < -0.39 is 11.0 Å². The highest BCUT2D eigenvalue weighted by Gasteiger charge is 2.21. The van der Waals surface area contributed by atoms with Crippen molar-refractivity contribution in [1.82, 2.24) is 5.32 Å². The molecule has 1 atom stereocenters. The molecule has 2 aromatic carbocycles. The number of non-ortho nitro benzene ring substituents is 1. The molecule has 1 unspecified atom stereocenters. The summed E-state index contributed by atoms with van der Waals surface area (Å²) in [5, 5.41) is 23.8. The van der Waals surface area contributed by atoms with Crippen LogP contribution in [0, 0.1) is 10.1 Å². The second-order valence-corrected chi connectivity index (χ2v) is 4.91. The Morgan fingerprint density at radius 1 is 1.30 bits per heavy atom. The van der Waals surface area contributed by atoms with E-state index >= 15 is 0 Å². The number of nitro groups is 1. The number of aromatic hydroxyl groups is 1. The van der Waals surface area contributed by atoms with Crippen molar-refractivity contribution in [3.05, 3.63) is 63.7 Å². The highest BCUT2D eigenvalue weighted by Crippen LogP contribution is 2.33. The number of carbonyl (C=O) groups is 1. The van der Waals surface area contributed by atoms with Crippen LogP contribution in [-0.4, -0.2) is 23.0 Å². The molecule has 0 saturated carbocycles. The molecule has 1 amide bonds. The van der Waals surface area contributed by atoms with Crippen molar-refractivity contribution in [2.24, 2.45) is 0 Å². The lowest BCUT2D eigenvalue weighted by molar-refractivity contribution is -0.384. The Morgan fingerprint density at radius 3 is 2.61 bits per heavy atom. The largest absolute Gasteiger partial charge is 0.507 e. The van der Waals surface area contributed by atoms with E-state index in [1.165, 1.54) is 38.3 Å². The predicted molar refractivity (Wildman–Crippen MR) is 83.4 cm³/mol. The van der Waals surface area contributed by atoms with Crippen molar-refractivity contribution in [2.75, 3.05) is 7.11 Å². The summed E-state index contributed by atoms with van der Waals surface area (Å²) >= 11 is 0. The van der Waals surface area contributed by atoms with Gasteiger partial charge in [-0.2, -0.15) is 0 Å². The monoisotopic (exact) mass is 316 g/mol. The first-order valence-electron chi connectivity index (χ1n) is 6.80. The van der Waals surface area contributed by atoms with Crippen LogP contribution in [0.25, 0.3) is 0 Å². The van der Waals surface area contributed by atoms with Crippen molar-refractivity contribution in [3.8, 4) is 11.5 Å². The lowest BCUT2D eigenvalue weighted by Crippen LogP contribution is -2.27.